The van der Waals surface area contributed by atoms with Crippen molar-refractivity contribution in [1.82, 2.24) is 10.3 Å². The highest BCUT2D eigenvalue weighted by Gasteiger charge is 2.05. The summed E-state index contributed by atoms with van der Waals surface area (Å²) in [6.07, 6.45) is 2.34. The van der Waals surface area contributed by atoms with Gasteiger partial charge in [0.25, 0.3) is 0 Å². The molecule has 15 heavy (non-hydrogen) atoms. The molecule has 78 valence electrons. The summed E-state index contributed by atoms with van der Waals surface area (Å²) in [5.41, 5.74) is 2.15. The number of aromatic nitrogens is 1. The van der Waals surface area contributed by atoms with E-state index in [0.29, 0.717) is 13.0 Å². The molecule has 0 saturated carbocycles. The van der Waals surface area contributed by atoms with Gasteiger partial charge in [0.1, 0.15) is 0 Å². The molecule has 1 aromatic heterocycles. The average Bonchev–Trinajstić information content (AvgIpc) is 2.67. The van der Waals surface area contributed by atoms with Crippen LogP contribution in [0.5, 0.6) is 0 Å². The molecule has 2 N–H and O–H groups in total. The maximum Gasteiger partial charge on any atom is 0.224 e. The Morgan fingerprint density at radius 3 is 3.07 bits per heavy atom. The molecule has 0 bridgehead atoms. The molecule has 0 saturated heterocycles. The third kappa shape index (κ3) is 2.01. The molecule has 1 heterocycles. The summed E-state index contributed by atoms with van der Waals surface area (Å²) in [6.45, 7) is 2.61. The summed E-state index contributed by atoms with van der Waals surface area (Å²) in [5, 5.41) is 3.93. The van der Waals surface area contributed by atoms with Crippen LogP contribution in [0.3, 0.4) is 0 Å². The van der Waals surface area contributed by atoms with Gasteiger partial charge < -0.3 is 10.3 Å². The van der Waals surface area contributed by atoms with E-state index in [1.807, 2.05) is 37.4 Å². The van der Waals surface area contributed by atoms with Crippen LogP contribution in [0.1, 0.15) is 12.5 Å². The van der Waals surface area contributed by atoms with E-state index in [-0.39, 0.29) is 5.91 Å². The normalized spacial score (nSPS) is 10.5. The van der Waals surface area contributed by atoms with Gasteiger partial charge in [-0.05, 0) is 24.6 Å². The van der Waals surface area contributed by atoms with E-state index in [0.717, 1.165) is 16.5 Å². The first-order valence-electron chi connectivity index (χ1n) is 5.13. The van der Waals surface area contributed by atoms with Gasteiger partial charge in [0, 0.05) is 23.6 Å². The number of H-pyrrole nitrogens is 1. The zero-order valence-electron chi connectivity index (χ0n) is 8.71. The van der Waals surface area contributed by atoms with Gasteiger partial charge in [-0.1, -0.05) is 12.1 Å². The molecule has 0 spiro atoms. The minimum absolute atomic E-state index is 0.0752. The van der Waals surface area contributed by atoms with Crippen molar-refractivity contribution >= 4 is 16.8 Å². The SMILES string of the molecule is CCNC(=O)Cc1cccc2[nH]ccc12. The zero-order chi connectivity index (χ0) is 10.7. The zero-order valence-corrected chi connectivity index (χ0v) is 8.71. The van der Waals surface area contributed by atoms with Gasteiger partial charge in [0.05, 0.1) is 6.42 Å². The Kier molecular flexibility index (Phi) is 2.72. The maximum absolute atomic E-state index is 11.5. The lowest BCUT2D eigenvalue weighted by atomic mass is 10.1. The van der Waals surface area contributed by atoms with Gasteiger partial charge in [0.15, 0.2) is 0 Å². The number of benzene rings is 1. The van der Waals surface area contributed by atoms with Crippen LogP contribution in [0.2, 0.25) is 0 Å². The molecule has 1 aromatic carbocycles. The smallest absolute Gasteiger partial charge is 0.224 e. The fraction of sp³-hybridized carbons (Fsp3) is 0.250. The van der Waals surface area contributed by atoms with Crippen molar-refractivity contribution in [1.29, 1.82) is 0 Å². The molecule has 1 amide bonds. The fourth-order valence-corrected chi connectivity index (χ4v) is 1.74. The van der Waals surface area contributed by atoms with Crippen LogP contribution in [-0.4, -0.2) is 17.4 Å². The van der Waals surface area contributed by atoms with E-state index in [1.165, 1.54) is 0 Å². The van der Waals surface area contributed by atoms with Crippen molar-refractivity contribution in [3.8, 4) is 0 Å². The quantitative estimate of drug-likeness (QED) is 0.783. The number of aromatic amines is 1. The van der Waals surface area contributed by atoms with Gasteiger partial charge in [-0.3, -0.25) is 4.79 Å². The highest BCUT2D eigenvalue weighted by Crippen LogP contribution is 2.17. The number of amides is 1. The number of rotatable bonds is 3. The highest BCUT2D eigenvalue weighted by atomic mass is 16.1. The number of hydrogen-bond donors (Lipinski definition) is 2. The van der Waals surface area contributed by atoms with E-state index < -0.39 is 0 Å². The largest absolute Gasteiger partial charge is 0.361 e. The molecule has 3 heteroatoms. The summed E-state index contributed by atoms with van der Waals surface area (Å²) in [6, 6.07) is 7.97. The molecule has 3 nitrogen and oxygen atoms in total. The first-order chi connectivity index (χ1) is 7.31. The summed E-state index contributed by atoms with van der Waals surface area (Å²) >= 11 is 0. The van der Waals surface area contributed by atoms with Gasteiger partial charge in [-0.2, -0.15) is 0 Å². The van der Waals surface area contributed by atoms with E-state index in [1.54, 1.807) is 0 Å². The van der Waals surface area contributed by atoms with Gasteiger partial charge >= 0.3 is 0 Å². The molecule has 0 fully saturated rings. The van der Waals surface area contributed by atoms with E-state index in [9.17, 15) is 4.79 Å². The number of nitrogens with one attached hydrogen (secondary N) is 2. The second-order valence-corrected chi connectivity index (χ2v) is 3.49. The van der Waals surface area contributed by atoms with Crippen LogP contribution in [-0.2, 0) is 11.2 Å². The van der Waals surface area contributed by atoms with Crippen molar-refractivity contribution in [3.05, 3.63) is 36.0 Å². The summed E-state index contributed by atoms with van der Waals surface area (Å²) < 4.78 is 0. The van der Waals surface area contributed by atoms with Crippen molar-refractivity contribution in [2.24, 2.45) is 0 Å². The molecule has 0 radical (unpaired) electrons. The Morgan fingerprint density at radius 1 is 1.40 bits per heavy atom. The highest BCUT2D eigenvalue weighted by molar-refractivity contribution is 5.88. The Balaban J connectivity index is 2.27. The molecule has 0 atom stereocenters. The Morgan fingerprint density at radius 2 is 2.27 bits per heavy atom. The van der Waals surface area contributed by atoms with Gasteiger partial charge in [-0.15, -0.1) is 0 Å². The van der Waals surface area contributed by atoms with Crippen LogP contribution in [0.15, 0.2) is 30.5 Å². The molecule has 2 rings (SSSR count). The van der Waals surface area contributed by atoms with Crippen LogP contribution in [0.4, 0.5) is 0 Å². The lowest BCUT2D eigenvalue weighted by molar-refractivity contribution is -0.120. The molecular formula is C12H14N2O. The second kappa shape index (κ2) is 4.17. The summed E-state index contributed by atoms with van der Waals surface area (Å²) in [5.74, 6) is 0.0752. The van der Waals surface area contributed by atoms with Crippen LogP contribution in [0, 0.1) is 0 Å². The topological polar surface area (TPSA) is 44.9 Å². The molecule has 2 aromatic rings. The Bertz CT molecular complexity index is 473. The van der Waals surface area contributed by atoms with Crippen LogP contribution in [0.25, 0.3) is 10.9 Å². The van der Waals surface area contributed by atoms with E-state index >= 15 is 0 Å². The predicted molar refractivity (Wildman–Crippen MR) is 60.7 cm³/mol. The number of hydrogen-bond acceptors (Lipinski definition) is 1. The molecule has 0 aliphatic heterocycles. The number of likely N-dealkylation sites (N-methyl/N-ethyl adjacent to an activating group) is 1. The lowest BCUT2D eigenvalue weighted by Gasteiger charge is -2.03. The average molecular weight is 202 g/mol. The van der Waals surface area contributed by atoms with Crippen LogP contribution >= 0.6 is 0 Å². The standard InChI is InChI=1S/C12H14N2O/c1-2-13-12(15)8-9-4-3-5-11-10(9)6-7-14-11/h3-7,14H,2,8H2,1H3,(H,13,15). The monoisotopic (exact) mass is 202 g/mol. The van der Waals surface area contributed by atoms with Crippen molar-refractivity contribution in [2.75, 3.05) is 6.54 Å². The summed E-state index contributed by atoms with van der Waals surface area (Å²) in [4.78, 5) is 14.6. The first-order valence-corrected chi connectivity index (χ1v) is 5.13. The van der Waals surface area contributed by atoms with Gasteiger partial charge in [0.2, 0.25) is 5.91 Å². The Hall–Kier alpha value is -1.77. The number of carbonyl (C=O) groups excluding carboxylic acids is 1. The fourth-order valence-electron chi connectivity index (χ4n) is 1.74. The van der Waals surface area contributed by atoms with Crippen molar-refractivity contribution in [3.63, 3.8) is 0 Å². The third-order valence-electron chi connectivity index (χ3n) is 2.41. The summed E-state index contributed by atoms with van der Waals surface area (Å²) in [7, 11) is 0. The number of fused-ring (bicyclic) bond motifs is 1. The molecule has 0 aliphatic rings. The molecule has 0 aliphatic carbocycles. The van der Waals surface area contributed by atoms with Crippen molar-refractivity contribution in [2.45, 2.75) is 13.3 Å². The third-order valence-corrected chi connectivity index (χ3v) is 2.41. The Labute approximate surface area is 88.5 Å². The number of carbonyl (C=O) groups is 1. The molecular weight excluding hydrogens is 188 g/mol. The van der Waals surface area contributed by atoms with E-state index in [2.05, 4.69) is 10.3 Å². The van der Waals surface area contributed by atoms with Gasteiger partial charge in [-0.25, -0.2) is 0 Å². The maximum atomic E-state index is 11.5. The molecule has 0 unspecified atom stereocenters. The minimum atomic E-state index is 0.0752. The van der Waals surface area contributed by atoms with E-state index in [4.69, 9.17) is 0 Å². The van der Waals surface area contributed by atoms with Crippen LogP contribution < -0.4 is 5.32 Å². The first kappa shape index (κ1) is 9.77. The lowest BCUT2D eigenvalue weighted by Crippen LogP contribution is -2.24. The van der Waals surface area contributed by atoms with Crippen molar-refractivity contribution < 1.29 is 4.79 Å². The predicted octanol–water partition coefficient (Wildman–Crippen LogP) is 1.85. The second-order valence-electron chi connectivity index (χ2n) is 3.49. The minimum Gasteiger partial charge on any atom is -0.361 e.